The van der Waals surface area contributed by atoms with E-state index in [2.05, 4.69) is 10.4 Å². The summed E-state index contributed by atoms with van der Waals surface area (Å²) in [6.45, 7) is 3.16. The Morgan fingerprint density at radius 2 is 2.20 bits per heavy atom. The Balaban J connectivity index is 0.00000225. The van der Waals surface area contributed by atoms with Crippen molar-refractivity contribution in [1.29, 1.82) is 0 Å². The molecular formula is C18H24Cl2N4O. The quantitative estimate of drug-likeness (QED) is 0.864. The van der Waals surface area contributed by atoms with E-state index >= 15 is 0 Å². The number of piperidine rings is 1. The minimum absolute atomic E-state index is 0. The van der Waals surface area contributed by atoms with Crippen LogP contribution in [-0.2, 0) is 6.54 Å². The Morgan fingerprint density at radius 3 is 2.96 bits per heavy atom. The van der Waals surface area contributed by atoms with Gasteiger partial charge in [0.25, 0.3) is 5.91 Å². The highest BCUT2D eigenvalue weighted by Crippen LogP contribution is 2.19. The molecule has 5 nitrogen and oxygen atoms in total. The minimum Gasteiger partial charge on any atom is -0.338 e. The molecule has 1 unspecified atom stereocenters. The fourth-order valence-corrected chi connectivity index (χ4v) is 3.44. The predicted octanol–water partition coefficient (Wildman–Crippen LogP) is 3.08. The molecule has 2 aromatic rings. The maximum atomic E-state index is 12.7. The van der Waals surface area contributed by atoms with Gasteiger partial charge < -0.3 is 10.2 Å². The SMILES string of the molecule is CNCC1CCCN(C(=O)c2cnn(Cc3ccccc3Cl)c2)C1.Cl. The van der Waals surface area contributed by atoms with Gasteiger partial charge in [-0.05, 0) is 44.0 Å². The van der Waals surface area contributed by atoms with E-state index in [9.17, 15) is 4.79 Å². The smallest absolute Gasteiger partial charge is 0.257 e. The molecule has 1 aliphatic rings. The summed E-state index contributed by atoms with van der Waals surface area (Å²) in [6.07, 6.45) is 5.70. The summed E-state index contributed by atoms with van der Waals surface area (Å²) in [7, 11) is 1.96. The van der Waals surface area contributed by atoms with E-state index in [1.165, 1.54) is 6.42 Å². The molecule has 7 heteroatoms. The van der Waals surface area contributed by atoms with E-state index < -0.39 is 0 Å². The van der Waals surface area contributed by atoms with Gasteiger partial charge in [0.2, 0.25) is 0 Å². The van der Waals surface area contributed by atoms with Crippen LogP contribution in [0, 0.1) is 5.92 Å². The monoisotopic (exact) mass is 382 g/mol. The molecule has 136 valence electrons. The highest BCUT2D eigenvalue weighted by atomic mass is 35.5. The second-order valence-electron chi connectivity index (χ2n) is 6.34. The first-order valence-electron chi connectivity index (χ1n) is 8.37. The third-order valence-corrected chi connectivity index (χ3v) is 4.84. The first-order valence-corrected chi connectivity index (χ1v) is 8.75. The van der Waals surface area contributed by atoms with Crippen molar-refractivity contribution >= 4 is 29.9 Å². The molecule has 1 amide bonds. The summed E-state index contributed by atoms with van der Waals surface area (Å²) < 4.78 is 1.77. The second kappa shape index (κ2) is 9.22. The van der Waals surface area contributed by atoms with Crippen molar-refractivity contribution in [3.05, 3.63) is 52.8 Å². The highest BCUT2D eigenvalue weighted by Gasteiger charge is 2.24. The van der Waals surface area contributed by atoms with Crippen LogP contribution in [0.3, 0.4) is 0 Å². The van der Waals surface area contributed by atoms with E-state index in [1.807, 2.05) is 42.4 Å². The number of rotatable bonds is 5. The van der Waals surface area contributed by atoms with Crippen LogP contribution in [0.4, 0.5) is 0 Å². The standard InChI is InChI=1S/C18H23ClN4O.ClH/c1-20-9-14-5-4-8-22(11-14)18(24)16-10-21-23(13-16)12-15-6-2-3-7-17(15)19;/h2-3,6-7,10,13-14,20H,4-5,8-9,11-12H2,1H3;1H. The summed E-state index contributed by atoms with van der Waals surface area (Å²) in [6, 6.07) is 7.69. The molecule has 1 aromatic heterocycles. The molecule has 1 aliphatic heterocycles. The molecule has 1 fully saturated rings. The lowest BCUT2D eigenvalue weighted by atomic mass is 9.97. The molecule has 3 rings (SSSR count). The van der Waals surface area contributed by atoms with Crippen molar-refractivity contribution in [2.75, 3.05) is 26.7 Å². The molecule has 1 saturated heterocycles. The third kappa shape index (κ3) is 4.97. The number of nitrogens with one attached hydrogen (secondary N) is 1. The molecule has 0 saturated carbocycles. The first-order chi connectivity index (χ1) is 11.7. The number of benzene rings is 1. The third-order valence-electron chi connectivity index (χ3n) is 4.47. The Morgan fingerprint density at radius 1 is 1.40 bits per heavy atom. The molecule has 25 heavy (non-hydrogen) atoms. The Labute approximate surface area is 159 Å². The fourth-order valence-electron chi connectivity index (χ4n) is 3.25. The van der Waals surface area contributed by atoms with Crippen LogP contribution in [0.5, 0.6) is 0 Å². The van der Waals surface area contributed by atoms with Crippen molar-refractivity contribution in [3.8, 4) is 0 Å². The summed E-state index contributed by atoms with van der Waals surface area (Å²) in [5, 5.41) is 8.24. The largest absolute Gasteiger partial charge is 0.338 e. The summed E-state index contributed by atoms with van der Waals surface area (Å²) in [5.41, 5.74) is 1.64. The van der Waals surface area contributed by atoms with E-state index in [-0.39, 0.29) is 18.3 Å². The maximum absolute atomic E-state index is 12.7. The van der Waals surface area contributed by atoms with Crippen LogP contribution < -0.4 is 5.32 Å². The average Bonchev–Trinajstić information content (AvgIpc) is 3.05. The lowest BCUT2D eigenvalue weighted by molar-refractivity contribution is 0.0674. The van der Waals surface area contributed by atoms with Gasteiger partial charge in [0.05, 0.1) is 18.3 Å². The number of hydrogen-bond acceptors (Lipinski definition) is 3. The van der Waals surface area contributed by atoms with Crippen LogP contribution in [0.25, 0.3) is 0 Å². The molecule has 1 atom stereocenters. The van der Waals surface area contributed by atoms with Gasteiger partial charge in [-0.25, -0.2) is 0 Å². The summed E-state index contributed by atoms with van der Waals surface area (Å²) >= 11 is 6.19. The van der Waals surface area contributed by atoms with Gasteiger partial charge >= 0.3 is 0 Å². The number of hydrogen-bond donors (Lipinski definition) is 1. The van der Waals surface area contributed by atoms with Crippen LogP contribution in [0.2, 0.25) is 5.02 Å². The van der Waals surface area contributed by atoms with Gasteiger partial charge in [0.1, 0.15) is 0 Å². The zero-order valence-electron chi connectivity index (χ0n) is 14.3. The summed E-state index contributed by atoms with van der Waals surface area (Å²) in [5.74, 6) is 0.604. The van der Waals surface area contributed by atoms with Gasteiger partial charge in [0.15, 0.2) is 0 Å². The number of halogens is 2. The average molecular weight is 383 g/mol. The molecule has 1 N–H and O–H groups in total. The number of nitrogens with zero attached hydrogens (tertiary/aromatic N) is 3. The number of amides is 1. The van der Waals surface area contributed by atoms with Crippen LogP contribution >= 0.6 is 24.0 Å². The first kappa shape index (κ1) is 19.8. The molecule has 0 bridgehead atoms. The zero-order chi connectivity index (χ0) is 16.9. The van der Waals surface area contributed by atoms with Crippen molar-refractivity contribution in [2.45, 2.75) is 19.4 Å². The van der Waals surface area contributed by atoms with Gasteiger partial charge in [-0.15, -0.1) is 12.4 Å². The van der Waals surface area contributed by atoms with Crippen LogP contribution in [-0.4, -0.2) is 47.3 Å². The van der Waals surface area contributed by atoms with Crippen molar-refractivity contribution < 1.29 is 4.79 Å². The summed E-state index contributed by atoms with van der Waals surface area (Å²) in [4.78, 5) is 14.7. The number of carbonyl (C=O) groups excluding carboxylic acids is 1. The molecule has 0 aliphatic carbocycles. The van der Waals surface area contributed by atoms with Gasteiger partial charge in [-0.2, -0.15) is 5.10 Å². The van der Waals surface area contributed by atoms with E-state index in [0.717, 1.165) is 31.6 Å². The van der Waals surface area contributed by atoms with Crippen molar-refractivity contribution in [1.82, 2.24) is 20.0 Å². The maximum Gasteiger partial charge on any atom is 0.257 e. The fraction of sp³-hybridized carbons (Fsp3) is 0.444. The molecule has 0 radical (unpaired) electrons. The molecular weight excluding hydrogens is 359 g/mol. The molecule has 0 spiro atoms. The lowest BCUT2D eigenvalue weighted by Gasteiger charge is -2.32. The van der Waals surface area contributed by atoms with Gasteiger partial charge in [-0.1, -0.05) is 29.8 Å². The van der Waals surface area contributed by atoms with E-state index in [4.69, 9.17) is 11.6 Å². The Hall–Kier alpha value is -1.56. The van der Waals surface area contributed by atoms with Crippen molar-refractivity contribution in [3.63, 3.8) is 0 Å². The minimum atomic E-state index is 0. The van der Waals surface area contributed by atoms with Crippen LogP contribution in [0.1, 0.15) is 28.8 Å². The number of aromatic nitrogens is 2. The Bertz CT molecular complexity index is 702. The van der Waals surface area contributed by atoms with E-state index in [0.29, 0.717) is 23.0 Å². The highest BCUT2D eigenvalue weighted by molar-refractivity contribution is 6.31. The Kier molecular flexibility index (Phi) is 7.29. The zero-order valence-corrected chi connectivity index (χ0v) is 15.9. The van der Waals surface area contributed by atoms with Gasteiger partial charge in [-0.3, -0.25) is 9.48 Å². The predicted molar refractivity (Wildman–Crippen MR) is 103 cm³/mol. The number of likely N-dealkylation sites (tertiary alicyclic amines) is 1. The second-order valence-corrected chi connectivity index (χ2v) is 6.74. The van der Waals surface area contributed by atoms with Crippen molar-refractivity contribution in [2.24, 2.45) is 5.92 Å². The lowest BCUT2D eigenvalue weighted by Crippen LogP contribution is -2.42. The van der Waals surface area contributed by atoms with Crippen LogP contribution in [0.15, 0.2) is 36.7 Å². The molecule has 1 aromatic carbocycles. The topological polar surface area (TPSA) is 50.2 Å². The number of carbonyl (C=O) groups is 1. The normalized spacial score (nSPS) is 17.2. The van der Waals surface area contributed by atoms with E-state index in [1.54, 1.807) is 10.9 Å². The molecule has 2 heterocycles. The van der Waals surface area contributed by atoms with Gasteiger partial charge in [0, 0.05) is 24.3 Å².